The molecule has 1 aliphatic heterocycles. The second-order valence-corrected chi connectivity index (χ2v) is 8.17. The Kier molecular flexibility index (Phi) is 5.25. The number of nitrogens with zero attached hydrogens (tertiary/aromatic N) is 1. The number of anilines is 2. The molecule has 1 spiro atoms. The Morgan fingerprint density at radius 2 is 1.66 bits per heavy atom. The van der Waals surface area contributed by atoms with E-state index in [9.17, 15) is 19.2 Å². The number of nitrogens with one attached hydrogen (secondary N) is 3. The van der Waals surface area contributed by atoms with Crippen molar-refractivity contribution in [3.63, 3.8) is 0 Å². The van der Waals surface area contributed by atoms with Crippen LogP contribution in [-0.4, -0.2) is 40.7 Å². The SMILES string of the molecule is O=C(CCCN1C(=O)NC2(CCCC2)C1=O)Nc1ccc(NC(=O)C2CC2)cc1. The zero-order chi connectivity index (χ0) is 20.4. The highest BCUT2D eigenvalue weighted by atomic mass is 16.2. The Hall–Kier alpha value is -2.90. The molecule has 0 bridgehead atoms. The number of imide groups is 1. The predicted molar refractivity (Wildman–Crippen MR) is 107 cm³/mol. The standard InChI is InChI=1S/C21H26N4O4/c26-17(22-15-7-9-16(10-8-15)23-18(27)14-5-6-14)4-3-13-25-19(28)21(24-20(25)29)11-1-2-12-21/h7-10,14H,1-6,11-13H2,(H,22,26)(H,23,27)(H,24,29). The first kappa shape index (κ1) is 19.4. The summed E-state index contributed by atoms with van der Waals surface area (Å²) in [5.41, 5.74) is 0.648. The maximum absolute atomic E-state index is 12.6. The zero-order valence-electron chi connectivity index (χ0n) is 16.3. The summed E-state index contributed by atoms with van der Waals surface area (Å²) in [5.74, 6) is -0.143. The molecule has 2 saturated carbocycles. The van der Waals surface area contributed by atoms with Crippen molar-refractivity contribution in [1.29, 1.82) is 0 Å². The lowest BCUT2D eigenvalue weighted by Crippen LogP contribution is -2.44. The van der Waals surface area contributed by atoms with Gasteiger partial charge in [0.05, 0.1) is 0 Å². The molecule has 0 atom stereocenters. The van der Waals surface area contributed by atoms with Crippen molar-refractivity contribution in [3.8, 4) is 0 Å². The maximum Gasteiger partial charge on any atom is 0.325 e. The van der Waals surface area contributed by atoms with Crippen molar-refractivity contribution in [2.75, 3.05) is 17.2 Å². The van der Waals surface area contributed by atoms with E-state index in [4.69, 9.17) is 0 Å². The van der Waals surface area contributed by atoms with Crippen LogP contribution < -0.4 is 16.0 Å². The third-order valence-corrected chi connectivity index (χ3v) is 5.87. The molecule has 4 rings (SSSR count). The molecule has 5 amide bonds. The molecule has 0 radical (unpaired) electrons. The predicted octanol–water partition coefficient (Wildman–Crippen LogP) is 2.62. The molecule has 1 aromatic rings. The molecule has 1 aromatic carbocycles. The minimum Gasteiger partial charge on any atom is -0.326 e. The summed E-state index contributed by atoms with van der Waals surface area (Å²) in [6.45, 7) is 0.242. The van der Waals surface area contributed by atoms with Crippen LogP contribution in [0, 0.1) is 5.92 Å². The largest absolute Gasteiger partial charge is 0.326 e. The first-order valence-electron chi connectivity index (χ1n) is 10.3. The van der Waals surface area contributed by atoms with Gasteiger partial charge in [-0.2, -0.15) is 0 Å². The van der Waals surface area contributed by atoms with E-state index >= 15 is 0 Å². The van der Waals surface area contributed by atoms with Gasteiger partial charge in [0, 0.05) is 30.3 Å². The molecule has 8 heteroatoms. The third-order valence-electron chi connectivity index (χ3n) is 5.87. The second-order valence-electron chi connectivity index (χ2n) is 8.17. The summed E-state index contributed by atoms with van der Waals surface area (Å²) in [5, 5.41) is 8.49. The number of carbonyl (C=O) groups is 4. The van der Waals surface area contributed by atoms with Gasteiger partial charge in [-0.15, -0.1) is 0 Å². The Balaban J connectivity index is 1.21. The Morgan fingerprint density at radius 1 is 1.03 bits per heavy atom. The molecule has 0 unspecified atom stereocenters. The van der Waals surface area contributed by atoms with Crippen LogP contribution in [0.2, 0.25) is 0 Å². The number of benzene rings is 1. The molecule has 29 heavy (non-hydrogen) atoms. The first-order chi connectivity index (χ1) is 14.0. The summed E-state index contributed by atoms with van der Waals surface area (Å²) in [7, 11) is 0. The van der Waals surface area contributed by atoms with Gasteiger partial charge in [0.15, 0.2) is 0 Å². The Labute approximate surface area is 169 Å². The van der Waals surface area contributed by atoms with Crippen molar-refractivity contribution >= 4 is 35.1 Å². The van der Waals surface area contributed by atoms with Gasteiger partial charge < -0.3 is 16.0 Å². The highest BCUT2D eigenvalue weighted by molar-refractivity contribution is 6.07. The molecule has 8 nitrogen and oxygen atoms in total. The lowest BCUT2D eigenvalue weighted by atomic mass is 9.98. The molecule has 154 valence electrons. The maximum atomic E-state index is 12.6. The van der Waals surface area contributed by atoms with E-state index in [-0.39, 0.29) is 42.6 Å². The summed E-state index contributed by atoms with van der Waals surface area (Å²) in [6.07, 6.45) is 5.83. The number of hydrogen-bond donors (Lipinski definition) is 3. The molecule has 3 N–H and O–H groups in total. The number of rotatable bonds is 7. The van der Waals surface area contributed by atoms with Crippen LogP contribution in [-0.2, 0) is 14.4 Å². The van der Waals surface area contributed by atoms with Gasteiger partial charge in [-0.1, -0.05) is 12.8 Å². The molecule has 1 heterocycles. The average molecular weight is 398 g/mol. The first-order valence-corrected chi connectivity index (χ1v) is 10.3. The van der Waals surface area contributed by atoms with Crippen molar-refractivity contribution in [3.05, 3.63) is 24.3 Å². The quantitative estimate of drug-likeness (QED) is 0.614. The number of carbonyl (C=O) groups excluding carboxylic acids is 4. The molecule has 3 aliphatic rings. The third kappa shape index (κ3) is 4.26. The van der Waals surface area contributed by atoms with Crippen LogP contribution in [0.1, 0.15) is 51.4 Å². The highest BCUT2D eigenvalue weighted by Crippen LogP contribution is 2.35. The normalized spacial score (nSPS) is 20.1. The van der Waals surface area contributed by atoms with Crippen LogP contribution >= 0.6 is 0 Å². The van der Waals surface area contributed by atoms with E-state index < -0.39 is 5.54 Å². The van der Waals surface area contributed by atoms with Crippen LogP contribution in [0.15, 0.2) is 24.3 Å². The molecular weight excluding hydrogens is 372 g/mol. The van der Waals surface area contributed by atoms with E-state index in [1.807, 2.05) is 0 Å². The number of urea groups is 1. The fourth-order valence-electron chi connectivity index (χ4n) is 4.04. The van der Waals surface area contributed by atoms with E-state index in [2.05, 4.69) is 16.0 Å². The van der Waals surface area contributed by atoms with Crippen LogP contribution in [0.3, 0.4) is 0 Å². The van der Waals surface area contributed by atoms with E-state index in [1.165, 1.54) is 4.90 Å². The van der Waals surface area contributed by atoms with Crippen molar-refractivity contribution < 1.29 is 19.2 Å². The summed E-state index contributed by atoms with van der Waals surface area (Å²) in [4.78, 5) is 49.9. The van der Waals surface area contributed by atoms with Crippen molar-refractivity contribution in [2.45, 2.75) is 56.9 Å². The Morgan fingerprint density at radius 3 is 2.28 bits per heavy atom. The smallest absolute Gasteiger partial charge is 0.325 e. The van der Waals surface area contributed by atoms with Crippen molar-refractivity contribution in [1.82, 2.24) is 10.2 Å². The molecular formula is C21H26N4O4. The van der Waals surface area contributed by atoms with Crippen LogP contribution in [0.5, 0.6) is 0 Å². The topological polar surface area (TPSA) is 108 Å². The van der Waals surface area contributed by atoms with Gasteiger partial charge in [0.2, 0.25) is 11.8 Å². The van der Waals surface area contributed by atoms with E-state index in [0.29, 0.717) is 30.6 Å². The van der Waals surface area contributed by atoms with Gasteiger partial charge in [-0.05, 0) is 56.4 Å². The van der Waals surface area contributed by atoms with Gasteiger partial charge in [-0.25, -0.2) is 4.79 Å². The summed E-state index contributed by atoms with van der Waals surface area (Å²) >= 11 is 0. The molecule has 1 saturated heterocycles. The monoisotopic (exact) mass is 398 g/mol. The Bertz CT molecular complexity index is 826. The second kappa shape index (κ2) is 7.85. The average Bonchev–Trinajstić information content (AvgIpc) is 3.41. The minimum absolute atomic E-state index is 0.0432. The lowest BCUT2D eigenvalue weighted by Gasteiger charge is -2.19. The fraction of sp³-hybridized carbons (Fsp3) is 0.524. The van der Waals surface area contributed by atoms with E-state index in [0.717, 1.165) is 25.7 Å². The summed E-state index contributed by atoms with van der Waals surface area (Å²) < 4.78 is 0. The zero-order valence-corrected chi connectivity index (χ0v) is 16.3. The fourth-order valence-corrected chi connectivity index (χ4v) is 4.04. The van der Waals surface area contributed by atoms with Gasteiger partial charge in [-0.3, -0.25) is 19.3 Å². The molecule has 2 aliphatic carbocycles. The number of hydrogen-bond acceptors (Lipinski definition) is 4. The minimum atomic E-state index is -0.698. The van der Waals surface area contributed by atoms with Gasteiger partial charge in [0.1, 0.15) is 5.54 Å². The van der Waals surface area contributed by atoms with Crippen LogP contribution in [0.4, 0.5) is 16.2 Å². The van der Waals surface area contributed by atoms with Crippen molar-refractivity contribution in [2.24, 2.45) is 5.92 Å². The van der Waals surface area contributed by atoms with E-state index in [1.54, 1.807) is 24.3 Å². The van der Waals surface area contributed by atoms with Crippen LogP contribution in [0.25, 0.3) is 0 Å². The van der Waals surface area contributed by atoms with Gasteiger partial charge >= 0.3 is 6.03 Å². The highest BCUT2D eigenvalue weighted by Gasteiger charge is 2.52. The molecule has 0 aromatic heterocycles. The molecule has 3 fully saturated rings. The summed E-state index contributed by atoms with van der Waals surface area (Å²) in [6, 6.07) is 6.64. The van der Waals surface area contributed by atoms with Gasteiger partial charge in [0.25, 0.3) is 5.91 Å². The lowest BCUT2D eigenvalue weighted by molar-refractivity contribution is -0.131. The number of amides is 5.